The lowest BCUT2D eigenvalue weighted by molar-refractivity contribution is 0.418. The molecule has 0 N–H and O–H groups in total. The van der Waals surface area contributed by atoms with Crippen LogP contribution in [0.5, 0.6) is 11.5 Å². The highest BCUT2D eigenvalue weighted by Crippen LogP contribution is 2.58. The molecule has 0 saturated heterocycles. The molecule has 0 amide bonds. The van der Waals surface area contributed by atoms with Crippen LogP contribution in [0.4, 0.5) is 51.2 Å². The Kier molecular flexibility index (Phi) is 41.5. The lowest BCUT2D eigenvalue weighted by Gasteiger charge is -2.45. The predicted molar refractivity (Wildman–Crippen MR) is 623 cm³/mol. The summed E-state index contributed by atoms with van der Waals surface area (Å²) in [5, 5.41) is 10.8. The van der Waals surface area contributed by atoms with E-state index in [1.54, 1.807) is 0 Å². The van der Waals surface area contributed by atoms with Crippen LogP contribution in [0.3, 0.4) is 0 Å². The van der Waals surface area contributed by atoms with E-state index in [-0.39, 0.29) is 16.2 Å². The lowest BCUT2D eigenvalue weighted by atomic mass is 9.73. The van der Waals surface area contributed by atoms with Crippen LogP contribution in [0.1, 0.15) is 227 Å². The molecule has 19 aromatic rings. The maximum Gasteiger partial charge on any atom is 0.184 e. The molecule has 0 atom stereocenters. The van der Waals surface area contributed by atoms with E-state index in [1.165, 1.54) is 160 Å². The second kappa shape index (κ2) is 53.1. The Morgan fingerprint density at radius 3 is 0.893 bits per heavy atom. The number of rotatable bonds is 7. The van der Waals surface area contributed by atoms with Crippen molar-refractivity contribution < 1.29 is 4.74 Å². The van der Waals surface area contributed by atoms with Gasteiger partial charge in [0.25, 0.3) is 0 Å². The van der Waals surface area contributed by atoms with Gasteiger partial charge < -0.3 is 28.6 Å². The Bertz CT molecular complexity index is 6810. The highest BCUT2D eigenvalue weighted by molar-refractivity contribution is 7.21. The van der Waals surface area contributed by atoms with E-state index in [9.17, 15) is 0 Å². The summed E-state index contributed by atoms with van der Waals surface area (Å²) < 4.78 is 10.7. The standard InChI is InChI=1S/2C33H26N2.C30H23NSi.C15H14O.11C2H6/c1-33(2)27-18-10-12-20-30(27)35(24-15-7-4-8-16-24)32-21-26-25-17-9-11-19-29(25)34(31(26)22-28(32)33)23-13-5-3-6-14-23;1-33(2)26-18-10-12-20-29(26)35(24-15-7-4-8-16-24)32-27(33)21-22-30-31(32)25-17-9-11-19-28(25)34(30)23-13-5-3-6-14-23;1-4-14-24(15-5-1)31-27-20-10-12-22-29(27)32(25-16-6-2-7-17-25,26-18-8-3-9-19-26)30-23-13-11-21-28(30)31;1-15(2)11-7-3-5-9-13(11)16-14-10-6-4-8-12(14)15;11*1-2/h2*3-22H,1-2H3;1-23H;3-10H,1-2H3;11*1-2H3. The molecule has 4 aliphatic heterocycles. The van der Waals surface area contributed by atoms with Crippen LogP contribution in [0.15, 0.2) is 431 Å². The smallest absolute Gasteiger partial charge is 0.184 e. The third kappa shape index (κ3) is 21.5. The van der Waals surface area contributed by atoms with Crippen molar-refractivity contribution >= 4 is 124 Å². The molecule has 23 rings (SSSR count). The van der Waals surface area contributed by atoms with Gasteiger partial charge in [0.15, 0.2) is 8.07 Å². The van der Waals surface area contributed by atoms with Crippen LogP contribution in [-0.4, -0.2) is 17.2 Å². The maximum absolute atomic E-state index is 5.91. The van der Waals surface area contributed by atoms with Gasteiger partial charge in [-0.1, -0.05) is 497 Å². The Morgan fingerprint density at radius 1 is 0.193 bits per heavy atom. The maximum atomic E-state index is 5.91. The summed E-state index contributed by atoms with van der Waals surface area (Å²) >= 11 is 0. The fourth-order valence-corrected chi connectivity index (χ4v) is 24.6. The summed E-state index contributed by atoms with van der Waals surface area (Å²) in [6, 6.07) is 155. The number of nitrogens with zero attached hydrogens (tertiary/aromatic N) is 5. The van der Waals surface area contributed by atoms with E-state index in [1.807, 2.05) is 177 Å². The summed E-state index contributed by atoms with van der Waals surface area (Å²) in [6.45, 7) is 57.9. The quantitative estimate of drug-likeness (QED) is 0.149. The van der Waals surface area contributed by atoms with E-state index < -0.39 is 8.07 Å². The minimum Gasteiger partial charge on any atom is -0.457 e. The molecule has 2 aromatic heterocycles. The van der Waals surface area contributed by atoms with Gasteiger partial charge in [-0.15, -0.1) is 0 Å². The van der Waals surface area contributed by atoms with Gasteiger partial charge in [-0.2, -0.15) is 0 Å². The summed E-state index contributed by atoms with van der Waals surface area (Å²) in [5.74, 6) is 1.96. The van der Waals surface area contributed by atoms with Crippen LogP contribution in [0, 0.1) is 0 Å². The number of hydrogen-bond acceptors (Lipinski definition) is 4. The first-order valence-electron chi connectivity index (χ1n) is 52.1. The van der Waals surface area contributed by atoms with Crippen molar-refractivity contribution in [2.45, 2.75) is 210 Å². The fourth-order valence-electron chi connectivity index (χ4n) is 19.5. The number of aromatic nitrogens is 2. The zero-order chi connectivity index (χ0) is 102. The van der Waals surface area contributed by atoms with Gasteiger partial charge in [0.2, 0.25) is 0 Å². The van der Waals surface area contributed by atoms with Crippen LogP contribution >= 0.6 is 0 Å². The highest BCUT2D eigenvalue weighted by atomic mass is 28.3. The molecule has 6 nitrogen and oxygen atoms in total. The van der Waals surface area contributed by atoms with E-state index in [0.717, 1.165) is 11.5 Å². The van der Waals surface area contributed by atoms with Crippen molar-refractivity contribution in [1.82, 2.24) is 9.13 Å². The summed E-state index contributed by atoms with van der Waals surface area (Å²) in [7, 11) is -2.49. The summed E-state index contributed by atoms with van der Waals surface area (Å²) in [6.07, 6.45) is 0. The number of anilines is 9. The van der Waals surface area contributed by atoms with Crippen molar-refractivity contribution in [3.05, 3.63) is 464 Å². The first-order chi connectivity index (χ1) is 68.9. The van der Waals surface area contributed by atoms with Crippen molar-refractivity contribution in [3.8, 4) is 22.9 Å². The van der Waals surface area contributed by atoms with E-state index in [4.69, 9.17) is 4.74 Å². The number of fused-ring (bicyclic) bond motifs is 15. The molecule has 140 heavy (non-hydrogen) atoms. The van der Waals surface area contributed by atoms with E-state index in [0.29, 0.717) is 0 Å². The Hall–Kier alpha value is -14.2. The topological polar surface area (TPSA) is 28.8 Å². The third-order valence-electron chi connectivity index (χ3n) is 25.0. The minimum absolute atomic E-state index is 0.0193. The molecule has 0 radical (unpaired) electrons. The molecule has 0 unspecified atom stereocenters. The first-order valence-corrected chi connectivity index (χ1v) is 54.1. The van der Waals surface area contributed by atoms with Crippen molar-refractivity contribution in [3.63, 3.8) is 0 Å². The largest absolute Gasteiger partial charge is 0.457 e. The Labute approximate surface area is 843 Å². The second-order valence-corrected chi connectivity index (χ2v) is 36.4. The molecule has 4 aliphatic rings. The molecule has 0 spiro atoms. The number of para-hydroxylation sites is 13. The number of ether oxygens (including phenoxy) is 1. The average Bonchev–Trinajstić information content (AvgIpc) is 0.988. The lowest BCUT2D eigenvalue weighted by Crippen LogP contribution is -2.77. The summed E-state index contributed by atoms with van der Waals surface area (Å²) in [5.41, 5.74) is 26.1. The van der Waals surface area contributed by atoms with Crippen molar-refractivity contribution in [1.29, 1.82) is 0 Å². The van der Waals surface area contributed by atoms with Gasteiger partial charge in [0.1, 0.15) is 11.5 Å². The SMILES string of the molecule is CC.CC.CC.CC.CC.CC.CC.CC.CC.CC.CC.CC1(C)c2ccccc2N(c2ccccc2)c2c1ccc1c2c2ccccc2n1-c1ccccc1.CC1(C)c2ccccc2N(c2ccccc2)c2cc3c4ccccc4n(-c4ccccc4)c3cc21.CC1(C)c2ccccc2Oc2ccccc21.c1ccc(N2c3ccccc3[Si](c3ccccc3)(c3ccccc3)c3ccccc32)cc1. The van der Waals surface area contributed by atoms with Crippen molar-refractivity contribution in [2.75, 3.05) is 14.7 Å². The molecule has 7 heteroatoms. The molecule has 17 aromatic carbocycles. The van der Waals surface area contributed by atoms with Crippen LogP contribution in [-0.2, 0) is 16.2 Å². The van der Waals surface area contributed by atoms with Crippen molar-refractivity contribution in [2.24, 2.45) is 0 Å². The molecule has 0 fully saturated rings. The van der Waals surface area contributed by atoms with Crippen LogP contribution in [0.25, 0.3) is 55.0 Å². The molecule has 0 saturated carbocycles. The molecular formula is C133H155N5OSi. The van der Waals surface area contributed by atoms with Crippen LogP contribution in [0.2, 0.25) is 0 Å². The van der Waals surface area contributed by atoms with Crippen LogP contribution < -0.4 is 40.2 Å². The molecule has 0 aliphatic carbocycles. The fraction of sp³-hybridized carbons (Fsp3) is 0.233. The Balaban J connectivity index is 0.000000200. The molecule has 0 bridgehead atoms. The van der Waals surface area contributed by atoms with Gasteiger partial charge in [-0.3, -0.25) is 0 Å². The van der Waals surface area contributed by atoms with Gasteiger partial charge in [-0.05, 0) is 170 Å². The van der Waals surface area contributed by atoms with E-state index >= 15 is 0 Å². The zero-order valence-electron chi connectivity index (χ0n) is 89.1. The second-order valence-electron chi connectivity index (χ2n) is 32.7. The average molecular weight is 1870 g/mol. The van der Waals surface area contributed by atoms with Gasteiger partial charge in [-0.25, -0.2) is 0 Å². The third-order valence-corrected chi connectivity index (χ3v) is 29.8. The van der Waals surface area contributed by atoms with Gasteiger partial charge in [0.05, 0.1) is 44.8 Å². The van der Waals surface area contributed by atoms with E-state index in [2.05, 4.69) is 472 Å². The minimum atomic E-state index is -2.49. The monoisotopic (exact) mass is 1870 g/mol. The zero-order valence-corrected chi connectivity index (χ0v) is 90.1. The highest BCUT2D eigenvalue weighted by Gasteiger charge is 2.49. The molecular weight excluding hydrogens is 1710 g/mol. The van der Waals surface area contributed by atoms with Gasteiger partial charge in [0, 0.05) is 88.7 Å². The summed E-state index contributed by atoms with van der Waals surface area (Å²) in [4.78, 5) is 7.34. The number of hydrogen-bond donors (Lipinski definition) is 0. The molecule has 722 valence electrons. The molecule has 6 heterocycles. The Morgan fingerprint density at radius 2 is 0.479 bits per heavy atom. The van der Waals surface area contributed by atoms with Gasteiger partial charge >= 0.3 is 0 Å². The normalized spacial score (nSPS) is 12.5. The number of benzene rings is 17. The predicted octanol–water partition coefficient (Wildman–Crippen LogP) is 38.0. The first kappa shape index (κ1) is 109.